The van der Waals surface area contributed by atoms with Crippen molar-refractivity contribution in [3.05, 3.63) is 59.7 Å². The van der Waals surface area contributed by atoms with Gasteiger partial charge in [-0.25, -0.2) is 0 Å². The first kappa shape index (κ1) is 15.2. The Morgan fingerprint density at radius 3 is 1.05 bits per heavy atom. The zero-order chi connectivity index (χ0) is 15.7. The van der Waals surface area contributed by atoms with Gasteiger partial charge in [-0.3, -0.25) is 0 Å². The summed E-state index contributed by atoms with van der Waals surface area (Å²) in [6, 6.07) is 7.72. The Bertz CT molecular complexity index is 540. The van der Waals surface area contributed by atoms with Crippen LogP contribution in [0.5, 0.6) is 11.5 Å². The van der Waals surface area contributed by atoms with Crippen molar-refractivity contribution in [1.29, 1.82) is 0 Å². The van der Waals surface area contributed by atoms with Gasteiger partial charge >= 0.3 is 12.4 Å². The van der Waals surface area contributed by atoms with Crippen LogP contribution >= 0.6 is 0 Å². The van der Waals surface area contributed by atoms with E-state index in [1.807, 2.05) is 0 Å². The van der Waals surface area contributed by atoms with Crippen LogP contribution in [0.25, 0.3) is 0 Å². The van der Waals surface area contributed by atoms with Gasteiger partial charge < -0.3 is 4.74 Å². The molecule has 0 amide bonds. The Labute approximate surface area is 115 Å². The molecule has 0 fully saturated rings. The molecule has 0 aromatic heterocycles. The Balaban J connectivity index is 2.12. The summed E-state index contributed by atoms with van der Waals surface area (Å²) in [5, 5.41) is 0. The average molecular weight is 306 g/mol. The molecular formula is C14H8F6O. The van der Waals surface area contributed by atoms with Crippen molar-refractivity contribution in [2.45, 2.75) is 12.4 Å². The normalized spacial score (nSPS) is 12.3. The lowest BCUT2D eigenvalue weighted by Crippen LogP contribution is -2.04. The maximum absolute atomic E-state index is 12.4. The first-order valence-corrected chi connectivity index (χ1v) is 5.68. The molecule has 2 aromatic carbocycles. The van der Waals surface area contributed by atoms with Gasteiger partial charge in [0, 0.05) is 0 Å². The van der Waals surface area contributed by atoms with Crippen LogP contribution in [0.3, 0.4) is 0 Å². The Morgan fingerprint density at radius 2 is 0.810 bits per heavy atom. The smallest absolute Gasteiger partial charge is 0.416 e. The first-order chi connectivity index (χ1) is 9.66. The van der Waals surface area contributed by atoms with Crippen molar-refractivity contribution >= 4 is 0 Å². The number of ether oxygens (including phenoxy) is 1. The number of benzene rings is 2. The minimum Gasteiger partial charge on any atom is -0.457 e. The fourth-order valence-corrected chi connectivity index (χ4v) is 1.56. The van der Waals surface area contributed by atoms with E-state index in [9.17, 15) is 26.3 Å². The summed E-state index contributed by atoms with van der Waals surface area (Å²) >= 11 is 0. The molecular weight excluding hydrogens is 298 g/mol. The third kappa shape index (κ3) is 3.90. The van der Waals surface area contributed by atoms with E-state index < -0.39 is 23.5 Å². The van der Waals surface area contributed by atoms with Crippen LogP contribution in [0.15, 0.2) is 48.5 Å². The van der Waals surface area contributed by atoms with Gasteiger partial charge in [0.2, 0.25) is 0 Å². The number of hydrogen-bond donors (Lipinski definition) is 0. The molecule has 0 bridgehead atoms. The van der Waals surface area contributed by atoms with E-state index in [0.717, 1.165) is 48.5 Å². The highest BCUT2D eigenvalue weighted by atomic mass is 19.4. The van der Waals surface area contributed by atoms with Gasteiger partial charge in [0.05, 0.1) is 11.1 Å². The highest BCUT2D eigenvalue weighted by molar-refractivity contribution is 5.35. The zero-order valence-electron chi connectivity index (χ0n) is 10.3. The number of halogens is 6. The van der Waals surface area contributed by atoms with Crippen LogP contribution in [-0.2, 0) is 12.4 Å². The molecule has 0 saturated carbocycles. The van der Waals surface area contributed by atoms with Crippen LogP contribution in [0.1, 0.15) is 11.1 Å². The van der Waals surface area contributed by atoms with E-state index in [1.165, 1.54) is 0 Å². The average Bonchev–Trinajstić information content (AvgIpc) is 2.38. The third-order valence-electron chi connectivity index (χ3n) is 2.60. The van der Waals surface area contributed by atoms with Gasteiger partial charge in [0.15, 0.2) is 0 Å². The second-order valence-corrected chi connectivity index (χ2v) is 4.15. The molecule has 0 aliphatic carbocycles. The highest BCUT2D eigenvalue weighted by Gasteiger charge is 2.31. The van der Waals surface area contributed by atoms with Gasteiger partial charge in [-0.1, -0.05) is 0 Å². The summed E-state index contributed by atoms with van der Waals surface area (Å²) in [5.41, 5.74) is -1.66. The van der Waals surface area contributed by atoms with E-state index in [4.69, 9.17) is 4.74 Å². The quantitative estimate of drug-likeness (QED) is 0.664. The molecule has 7 heteroatoms. The van der Waals surface area contributed by atoms with Gasteiger partial charge in [0.25, 0.3) is 0 Å². The van der Waals surface area contributed by atoms with Gasteiger partial charge in [0.1, 0.15) is 11.5 Å². The molecule has 0 atom stereocenters. The predicted octanol–water partition coefficient (Wildman–Crippen LogP) is 5.52. The fraction of sp³-hybridized carbons (Fsp3) is 0.143. The van der Waals surface area contributed by atoms with Crippen molar-refractivity contribution in [2.24, 2.45) is 0 Å². The maximum atomic E-state index is 12.4. The first-order valence-electron chi connectivity index (χ1n) is 5.68. The SMILES string of the molecule is FC(F)(F)c1ccc(Oc2ccc(C(F)(F)F)cc2)cc1. The van der Waals surface area contributed by atoms with Crippen molar-refractivity contribution in [3.8, 4) is 11.5 Å². The highest BCUT2D eigenvalue weighted by Crippen LogP contribution is 2.33. The lowest BCUT2D eigenvalue weighted by atomic mass is 10.2. The third-order valence-corrected chi connectivity index (χ3v) is 2.60. The molecule has 1 nitrogen and oxygen atoms in total. The monoisotopic (exact) mass is 306 g/mol. The maximum Gasteiger partial charge on any atom is 0.416 e. The van der Waals surface area contributed by atoms with Crippen molar-refractivity contribution in [1.82, 2.24) is 0 Å². The molecule has 0 aliphatic heterocycles. The standard InChI is InChI=1S/C14H8F6O/c15-13(16,17)9-1-5-11(6-2-9)21-12-7-3-10(4-8-12)14(18,19)20/h1-8H. The van der Waals surface area contributed by atoms with Crippen LogP contribution in [-0.4, -0.2) is 0 Å². The molecule has 2 aromatic rings. The molecule has 112 valence electrons. The molecule has 21 heavy (non-hydrogen) atoms. The molecule has 0 N–H and O–H groups in total. The molecule has 0 heterocycles. The summed E-state index contributed by atoms with van der Waals surface area (Å²) in [7, 11) is 0. The Kier molecular flexibility index (Phi) is 3.85. The minimum atomic E-state index is -4.45. The molecule has 0 unspecified atom stereocenters. The Hall–Kier alpha value is -2.18. The van der Waals surface area contributed by atoms with Crippen LogP contribution in [0, 0.1) is 0 Å². The van der Waals surface area contributed by atoms with Crippen molar-refractivity contribution in [2.75, 3.05) is 0 Å². The van der Waals surface area contributed by atoms with Gasteiger partial charge in [-0.15, -0.1) is 0 Å². The minimum absolute atomic E-state index is 0.0998. The molecule has 0 spiro atoms. The summed E-state index contributed by atoms with van der Waals surface area (Å²) in [5.74, 6) is 0.200. The lowest BCUT2D eigenvalue weighted by molar-refractivity contribution is -0.138. The number of rotatable bonds is 2. The summed E-state index contributed by atoms with van der Waals surface area (Å²) in [4.78, 5) is 0. The van der Waals surface area contributed by atoms with E-state index in [2.05, 4.69) is 0 Å². The largest absolute Gasteiger partial charge is 0.457 e. The molecule has 0 aliphatic rings. The van der Waals surface area contributed by atoms with E-state index in [1.54, 1.807) is 0 Å². The number of alkyl halides is 6. The number of hydrogen-bond acceptors (Lipinski definition) is 1. The van der Waals surface area contributed by atoms with E-state index in [-0.39, 0.29) is 11.5 Å². The van der Waals surface area contributed by atoms with Crippen LogP contribution < -0.4 is 4.74 Å². The fourth-order valence-electron chi connectivity index (χ4n) is 1.56. The van der Waals surface area contributed by atoms with E-state index >= 15 is 0 Å². The summed E-state index contributed by atoms with van der Waals surface area (Å²) in [6.07, 6.45) is -8.90. The van der Waals surface area contributed by atoms with Gasteiger partial charge in [-0.2, -0.15) is 26.3 Å². The molecule has 0 radical (unpaired) electrons. The van der Waals surface area contributed by atoms with Crippen molar-refractivity contribution < 1.29 is 31.1 Å². The lowest BCUT2D eigenvalue weighted by Gasteiger charge is -2.10. The summed E-state index contributed by atoms with van der Waals surface area (Å²) < 4.78 is 79.3. The molecule has 2 rings (SSSR count). The Morgan fingerprint density at radius 1 is 0.524 bits per heavy atom. The molecule has 0 saturated heterocycles. The van der Waals surface area contributed by atoms with Crippen molar-refractivity contribution in [3.63, 3.8) is 0 Å². The zero-order valence-corrected chi connectivity index (χ0v) is 10.3. The predicted molar refractivity (Wildman–Crippen MR) is 63.0 cm³/mol. The summed E-state index contributed by atoms with van der Waals surface area (Å²) in [6.45, 7) is 0. The van der Waals surface area contributed by atoms with E-state index in [0.29, 0.717) is 0 Å². The van der Waals surface area contributed by atoms with Crippen LogP contribution in [0.2, 0.25) is 0 Å². The topological polar surface area (TPSA) is 9.23 Å². The second kappa shape index (κ2) is 5.31. The van der Waals surface area contributed by atoms with Gasteiger partial charge in [-0.05, 0) is 48.5 Å². The van der Waals surface area contributed by atoms with Crippen LogP contribution in [0.4, 0.5) is 26.3 Å². The second-order valence-electron chi connectivity index (χ2n) is 4.15.